The van der Waals surface area contributed by atoms with Crippen LogP contribution in [0.2, 0.25) is 5.02 Å². The second kappa shape index (κ2) is 5.19. The predicted molar refractivity (Wildman–Crippen MR) is 77.3 cm³/mol. The summed E-state index contributed by atoms with van der Waals surface area (Å²) in [6.45, 7) is 2.52. The molecule has 0 unspecified atom stereocenters. The van der Waals surface area contributed by atoms with Crippen molar-refractivity contribution < 1.29 is 5.11 Å². The number of hydrogen-bond donors (Lipinski definition) is 1. The normalized spacial score (nSPS) is 19.6. The van der Waals surface area contributed by atoms with Crippen LogP contribution >= 0.6 is 11.6 Å². The van der Waals surface area contributed by atoms with Crippen LogP contribution in [0.1, 0.15) is 25.3 Å². The fraction of sp³-hybridized carbons (Fsp3) is 0.467. The lowest BCUT2D eigenvalue weighted by Crippen LogP contribution is -2.39. The van der Waals surface area contributed by atoms with Crippen molar-refractivity contribution in [2.75, 3.05) is 0 Å². The zero-order valence-corrected chi connectivity index (χ0v) is 12.2. The molecule has 1 aromatic heterocycles. The van der Waals surface area contributed by atoms with Crippen LogP contribution in [-0.2, 0) is 12.1 Å². The Balaban J connectivity index is 1.95. The van der Waals surface area contributed by atoms with E-state index in [4.69, 9.17) is 11.6 Å². The van der Waals surface area contributed by atoms with E-state index in [0.29, 0.717) is 17.5 Å². The van der Waals surface area contributed by atoms with E-state index in [1.165, 1.54) is 19.2 Å². The summed E-state index contributed by atoms with van der Waals surface area (Å²) in [5.74, 6) is 0.757. The molecule has 3 rings (SSSR count). The van der Waals surface area contributed by atoms with Gasteiger partial charge in [-0.2, -0.15) is 5.10 Å². The zero-order valence-electron chi connectivity index (χ0n) is 11.4. The lowest BCUT2D eigenvalue weighted by molar-refractivity contribution is -0.0442. The van der Waals surface area contributed by atoms with Crippen LogP contribution in [0, 0.1) is 11.8 Å². The number of halogens is 1. The fourth-order valence-electron chi connectivity index (χ4n) is 2.78. The van der Waals surface area contributed by atoms with Gasteiger partial charge in [-0.15, -0.1) is 0 Å². The molecule has 0 radical (unpaired) electrons. The van der Waals surface area contributed by atoms with Gasteiger partial charge in [-0.25, -0.2) is 9.67 Å². The Kier molecular flexibility index (Phi) is 3.52. The van der Waals surface area contributed by atoms with Crippen LogP contribution in [-0.4, -0.2) is 19.9 Å². The molecule has 1 aromatic carbocycles. The number of nitrogens with zero attached hydrogens (tertiary/aromatic N) is 3. The Morgan fingerprint density at radius 2 is 2.10 bits per heavy atom. The van der Waals surface area contributed by atoms with Crippen molar-refractivity contribution in [2.24, 2.45) is 11.8 Å². The maximum absolute atomic E-state index is 11.3. The summed E-state index contributed by atoms with van der Waals surface area (Å²) >= 11 is 5.95. The van der Waals surface area contributed by atoms with Gasteiger partial charge in [0.25, 0.3) is 0 Å². The van der Waals surface area contributed by atoms with Crippen molar-refractivity contribution in [3.8, 4) is 0 Å². The molecule has 1 N–H and O–H groups in total. The number of hydrogen-bond acceptors (Lipinski definition) is 3. The molecule has 0 amide bonds. The van der Waals surface area contributed by atoms with Gasteiger partial charge in [0.15, 0.2) is 0 Å². The largest absolute Gasteiger partial charge is 0.383 e. The van der Waals surface area contributed by atoms with Gasteiger partial charge < -0.3 is 5.11 Å². The number of aliphatic hydroxyl groups is 1. The summed E-state index contributed by atoms with van der Waals surface area (Å²) < 4.78 is 1.69. The third kappa shape index (κ3) is 2.58. The third-order valence-corrected chi connectivity index (χ3v) is 4.55. The summed E-state index contributed by atoms with van der Waals surface area (Å²) in [5, 5.41) is 16.1. The molecule has 2 atom stereocenters. The Morgan fingerprint density at radius 3 is 2.65 bits per heavy atom. The Morgan fingerprint density at radius 1 is 1.40 bits per heavy atom. The molecule has 1 aliphatic carbocycles. The molecule has 2 aromatic rings. The van der Waals surface area contributed by atoms with Gasteiger partial charge in [0.05, 0.1) is 6.54 Å². The van der Waals surface area contributed by atoms with Gasteiger partial charge >= 0.3 is 0 Å². The fourth-order valence-corrected chi connectivity index (χ4v) is 2.91. The average Bonchev–Trinajstić information content (AvgIpc) is 3.17. The van der Waals surface area contributed by atoms with E-state index in [0.717, 1.165) is 5.56 Å². The van der Waals surface area contributed by atoms with Gasteiger partial charge in [-0.05, 0) is 42.4 Å². The lowest BCUT2D eigenvalue weighted by atomic mass is 9.79. The standard InChI is InChI=1S/C15H18ClN3O/c1-11(12-2-3-12)15(20,8-19-10-17-9-18-19)13-4-6-14(16)7-5-13/h4-7,9-12,20H,2-3,8H2,1H3/t11-,15+/m1/s1. The SMILES string of the molecule is C[C@H](C1CC1)[C@@](O)(Cn1cncn1)c1ccc(Cl)cc1. The molecule has 1 aliphatic rings. The van der Waals surface area contributed by atoms with Crippen LogP contribution in [0.3, 0.4) is 0 Å². The Bertz CT molecular complexity index is 565. The molecule has 0 spiro atoms. The van der Waals surface area contributed by atoms with Crippen LogP contribution in [0.5, 0.6) is 0 Å². The lowest BCUT2D eigenvalue weighted by Gasteiger charge is -2.35. The van der Waals surface area contributed by atoms with E-state index < -0.39 is 5.60 Å². The molecule has 1 fully saturated rings. The second-order valence-electron chi connectivity index (χ2n) is 5.65. The summed E-state index contributed by atoms with van der Waals surface area (Å²) in [6.07, 6.45) is 5.51. The van der Waals surface area contributed by atoms with Crippen LogP contribution < -0.4 is 0 Å². The molecule has 1 heterocycles. The second-order valence-corrected chi connectivity index (χ2v) is 6.09. The number of benzene rings is 1. The van der Waals surface area contributed by atoms with Crippen molar-refractivity contribution in [3.05, 3.63) is 47.5 Å². The zero-order chi connectivity index (χ0) is 14.2. The van der Waals surface area contributed by atoms with Crippen molar-refractivity contribution in [1.82, 2.24) is 14.8 Å². The van der Waals surface area contributed by atoms with E-state index in [1.807, 2.05) is 24.3 Å². The highest BCUT2D eigenvalue weighted by molar-refractivity contribution is 6.30. The minimum atomic E-state index is -0.945. The smallest absolute Gasteiger partial charge is 0.137 e. The van der Waals surface area contributed by atoms with Crippen LogP contribution in [0.4, 0.5) is 0 Å². The van der Waals surface area contributed by atoms with Crippen molar-refractivity contribution >= 4 is 11.6 Å². The van der Waals surface area contributed by atoms with Gasteiger partial charge in [0.1, 0.15) is 18.3 Å². The average molecular weight is 292 g/mol. The van der Waals surface area contributed by atoms with Crippen LogP contribution in [0.25, 0.3) is 0 Å². The maximum Gasteiger partial charge on any atom is 0.137 e. The highest BCUT2D eigenvalue weighted by atomic mass is 35.5. The summed E-state index contributed by atoms with van der Waals surface area (Å²) in [4.78, 5) is 3.95. The number of aromatic nitrogens is 3. The summed E-state index contributed by atoms with van der Waals surface area (Å²) in [5.41, 5.74) is -0.0591. The van der Waals surface area contributed by atoms with Gasteiger partial charge in [-0.1, -0.05) is 30.7 Å². The highest BCUT2D eigenvalue weighted by Crippen LogP contribution is 2.46. The van der Waals surface area contributed by atoms with Crippen LogP contribution in [0.15, 0.2) is 36.9 Å². The first-order valence-electron chi connectivity index (χ1n) is 6.90. The molecule has 20 heavy (non-hydrogen) atoms. The quantitative estimate of drug-likeness (QED) is 0.921. The number of rotatable bonds is 5. The molecule has 1 saturated carbocycles. The highest BCUT2D eigenvalue weighted by Gasteiger charge is 2.44. The molecule has 0 aliphatic heterocycles. The minimum absolute atomic E-state index is 0.174. The van der Waals surface area contributed by atoms with Gasteiger partial charge in [-0.3, -0.25) is 0 Å². The van der Waals surface area contributed by atoms with E-state index in [-0.39, 0.29) is 5.92 Å². The molecule has 0 saturated heterocycles. The topological polar surface area (TPSA) is 50.9 Å². The molecule has 4 nitrogen and oxygen atoms in total. The summed E-state index contributed by atoms with van der Waals surface area (Å²) in [6, 6.07) is 7.45. The minimum Gasteiger partial charge on any atom is -0.383 e. The van der Waals surface area contributed by atoms with E-state index in [9.17, 15) is 5.11 Å². The van der Waals surface area contributed by atoms with Crippen molar-refractivity contribution in [2.45, 2.75) is 31.9 Å². The molecule has 0 bridgehead atoms. The van der Waals surface area contributed by atoms with Gasteiger partial charge in [0.2, 0.25) is 0 Å². The summed E-state index contributed by atoms with van der Waals surface area (Å²) in [7, 11) is 0. The third-order valence-electron chi connectivity index (χ3n) is 4.30. The first kappa shape index (κ1) is 13.6. The van der Waals surface area contributed by atoms with E-state index >= 15 is 0 Å². The Labute approximate surface area is 123 Å². The molecule has 106 valence electrons. The molecule has 5 heteroatoms. The van der Waals surface area contributed by atoms with Crippen molar-refractivity contribution in [1.29, 1.82) is 0 Å². The Hall–Kier alpha value is -1.39. The van der Waals surface area contributed by atoms with E-state index in [2.05, 4.69) is 17.0 Å². The molecular formula is C15H18ClN3O. The first-order chi connectivity index (χ1) is 9.59. The van der Waals surface area contributed by atoms with E-state index in [1.54, 1.807) is 11.0 Å². The maximum atomic E-state index is 11.3. The predicted octanol–water partition coefficient (Wildman–Crippen LogP) is 2.87. The monoisotopic (exact) mass is 291 g/mol. The van der Waals surface area contributed by atoms with Crippen molar-refractivity contribution in [3.63, 3.8) is 0 Å². The first-order valence-corrected chi connectivity index (χ1v) is 7.28. The molecular weight excluding hydrogens is 274 g/mol. The van der Waals surface area contributed by atoms with Gasteiger partial charge in [0, 0.05) is 5.02 Å².